The maximum absolute atomic E-state index is 13.3. The van der Waals surface area contributed by atoms with E-state index in [-0.39, 0.29) is 17.4 Å². The predicted molar refractivity (Wildman–Crippen MR) is 89.1 cm³/mol. The summed E-state index contributed by atoms with van der Waals surface area (Å²) < 4.78 is 26.3. The molecule has 0 atom stereocenters. The molecule has 5 nitrogen and oxygen atoms in total. The van der Waals surface area contributed by atoms with Gasteiger partial charge < -0.3 is 14.7 Å². The Bertz CT molecular complexity index is 639. The number of benzene rings is 1. The Morgan fingerprint density at radius 3 is 2.16 bits per heavy atom. The van der Waals surface area contributed by atoms with Gasteiger partial charge in [0.2, 0.25) is 5.91 Å². The first-order valence-corrected chi connectivity index (χ1v) is 8.79. The summed E-state index contributed by atoms with van der Waals surface area (Å²) in [6.07, 6.45) is 2.93. The molecule has 2 aliphatic heterocycles. The molecule has 0 N–H and O–H groups in total. The Morgan fingerprint density at radius 2 is 1.52 bits per heavy atom. The van der Waals surface area contributed by atoms with Crippen LogP contribution in [0.3, 0.4) is 0 Å². The zero-order valence-electron chi connectivity index (χ0n) is 14.2. The number of rotatable bonds is 4. The molecule has 0 bridgehead atoms. The molecule has 0 spiro atoms. The normalized spacial score (nSPS) is 18.6. The second-order valence-electron chi connectivity index (χ2n) is 6.60. The summed E-state index contributed by atoms with van der Waals surface area (Å²) in [4.78, 5) is 30.3. The van der Waals surface area contributed by atoms with Gasteiger partial charge in [0, 0.05) is 44.7 Å². The van der Waals surface area contributed by atoms with Crippen LogP contribution in [0.4, 0.5) is 8.78 Å². The van der Waals surface area contributed by atoms with Crippen LogP contribution >= 0.6 is 0 Å². The summed E-state index contributed by atoms with van der Waals surface area (Å²) in [7, 11) is 0. The smallest absolute Gasteiger partial charge is 0.254 e. The van der Waals surface area contributed by atoms with Crippen LogP contribution in [0.15, 0.2) is 18.2 Å². The van der Waals surface area contributed by atoms with E-state index in [9.17, 15) is 18.4 Å². The highest BCUT2D eigenvalue weighted by Crippen LogP contribution is 2.14. The van der Waals surface area contributed by atoms with Gasteiger partial charge >= 0.3 is 0 Å². The molecule has 0 aromatic heterocycles. The van der Waals surface area contributed by atoms with Crippen molar-refractivity contribution in [3.8, 4) is 0 Å². The summed E-state index contributed by atoms with van der Waals surface area (Å²) in [6, 6.07) is 3.17. The van der Waals surface area contributed by atoms with E-state index >= 15 is 0 Å². The molecule has 1 aromatic carbocycles. The van der Waals surface area contributed by atoms with Crippen LogP contribution in [0, 0.1) is 11.6 Å². The average molecular weight is 351 g/mol. The third-order valence-corrected chi connectivity index (χ3v) is 4.93. The van der Waals surface area contributed by atoms with Gasteiger partial charge in [-0.3, -0.25) is 9.59 Å². The number of carbonyl (C=O) groups excluding carboxylic acids is 2. The molecule has 2 aliphatic rings. The molecule has 1 aromatic rings. The number of piperazine rings is 1. The molecule has 136 valence electrons. The number of carbonyl (C=O) groups is 2. The molecule has 0 saturated carbocycles. The average Bonchev–Trinajstić information content (AvgIpc) is 3.15. The van der Waals surface area contributed by atoms with Crippen LogP contribution in [0.2, 0.25) is 0 Å². The molecule has 25 heavy (non-hydrogen) atoms. The van der Waals surface area contributed by atoms with Gasteiger partial charge in [-0.1, -0.05) is 0 Å². The summed E-state index contributed by atoms with van der Waals surface area (Å²) in [6.45, 7) is 4.73. The first-order chi connectivity index (χ1) is 12.0. The van der Waals surface area contributed by atoms with Crippen molar-refractivity contribution >= 4 is 11.8 Å². The van der Waals surface area contributed by atoms with Crippen molar-refractivity contribution in [1.29, 1.82) is 0 Å². The van der Waals surface area contributed by atoms with E-state index in [0.29, 0.717) is 32.6 Å². The molecular weight excluding hydrogens is 328 g/mol. The van der Waals surface area contributed by atoms with E-state index in [4.69, 9.17) is 0 Å². The molecule has 2 fully saturated rings. The number of likely N-dealkylation sites (tertiary alicyclic amines) is 1. The van der Waals surface area contributed by atoms with Crippen molar-refractivity contribution in [2.24, 2.45) is 0 Å². The minimum absolute atomic E-state index is 0.117. The first kappa shape index (κ1) is 17.8. The van der Waals surface area contributed by atoms with Crippen molar-refractivity contribution in [2.75, 3.05) is 45.8 Å². The Hall–Kier alpha value is -2.02. The second kappa shape index (κ2) is 7.91. The van der Waals surface area contributed by atoms with Crippen molar-refractivity contribution in [3.05, 3.63) is 35.4 Å². The van der Waals surface area contributed by atoms with Crippen LogP contribution < -0.4 is 0 Å². The van der Waals surface area contributed by atoms with Gasteiger partial charge in [-0.05, 0) is 44.1 Å². The highest BCUT2D eigenvalue weighted by atomic mass is 19.2. The molecule has 7 heteroatoms. The number of hydrogen-bond donors (Lipinski definition) is 0. The fourth-order valence-corrected chi connectivity index (χ4v) is 3.39. The second-order valence-corrected chi connectivity index (χ2v) is 6.60. The topological polar surface area (TPSA) is 43.9 Å². The predicted octanol–water partition coefficient (Wildman–Crippen LogP) is 1.74. The number of hydrogen-bond acceptors (Lipinski definition) is 3. The quantitative estimate of drug-likeness (QED) is 0.830. The van der Waals surface area contributed by atoms with Crippen LogP contribution in [-0.4, -0.2) is 72.3 Å². The summed E-state index contributed by atoms with van der Waals surface area (Å²) in [5, 5.41) is 0. The van der Waals surface area contributed by atoms with Gasteiger partial charge in [0.15, 0.2) is 11.6 Å². The largest absolute Gasteiger partial charge is 0.339 e. The van der Waals surface area contributed by atoms with Crippen molar-refractivity contribution in [3.63, 3.8) is 0 Å². The van der Waals surface area contributed by atoms with Gasteiger partial charge in [-0.2, -0.15) is 0 Å². The zero-order valence-corrected chi connectivity index (χ0v) is 14.2. The van der Waals surface area contributed by atoms with E-state index in [0.717, 1.165) is 31.8 Å². The molecule has 2 amide bonds. The van der Waals surface area contributed by atoms with Gasteiger partial charge in [0.1, 0.15) is 0 Å². The van der Waals surface area contributed by atoms with E-state index in [2.05, 4.69) is 4.90 Å². The van der Waals surface area contributed by atoms with Crippen LogP contribution in [0.5, 0.6) is 0 Å². The molecule has 2 heterocycles. The van der Waals surface area contributed by atoms with E-state index < -0.39 is 11.6 Å². The molecule has 0 radical (unpaired) electrons. The summed E-state index contributed by atoms with van der Waals surface area (Å²) in [5.41, 5.74) is 0.132. The maximum Gasteiger partial charge on any atom is 0.254 e. The van der Waals surface area contributed by atoms with Crippen molar-refractivity contribution in [2.45, 2.75) is 19.3 Å². The summed E-state index contributed by atoms with van der Waals surface area (Å²) in [5.74, 6) is -2.21. The minimum Gasteiger partial charge on any atom is -0.339 e. The maximum atomic E-state index is 13.3. The zero-order chi connectivity index (χ0) is 17.8. The lowest BCUT2D eigenvalue weighted by Gasteiger charge is -2.35. The third-order valence-electron chi connectivity index (χ3n) is 4.93. The molecule has 2 saturated heterocycles. The lowest BCUT2D eigenvalue weighted by atomic mass is 10.1. The lowest BCUT2D eigenvalue weighted by Crippen LogP contribution is -2.51. The SMILES string of the molecule is O=C(CCN1CCCC1)N1CCN(C(=O)c2ccc(F)c(F)c2)CC1. The van der Waals surface area contributed by atoms with E-state index in [1.807, 2.05) is 0 Å². The fraction of sp³-hybridized carbons (Fsp3) is 0.556. The van der Waals surface area contributed by atoms with Crippen LogP contribution in [-0.2, 0) is 4.79 Å². The Morgan fingerprint density at radius 1 is 0.880 bits per heavy atom. The Balaban J connectivity index is 1.48. The Kier molecular flexibility index (Phi) is 5.63. The van der Waals surface area contributed by atoms with E-state index in [1.165, 1.54) is 18.9 Å². The highest BCUT2D eigenvalue weighted by Gasteiger charge is 2.25. The standard InChI is InChI=1S/C18H23F2N3O2/c19-15-4-3-14(13-16(15)20)18(25)23-11-9-22(10-12-23)17(24)5-8-21-6-1-2-7-21/h3-4,13H,1-2,5-12H2. The highest BCUT2D eigenvalue weighted by molar-refractivity contribution is 5.94. The third kappa shape index (κ3) is 4.34. The van der Waals surface area contributed by atoms with E-state index in [1.54, 1.807) is 9.80 Å². The van der Waals surface area contributed by atoms with Crippen LogP contribution in [0.25, 0.3) is 0 Å². The lowest BCUT2D eigenvalue weighted by molar-refractivity contribution is -0.133. The molecule has 0 aliphatic carbocycles. The number of halogens is 2. The first-order valence-electron chi connectivity index (χ1n) is 8.79. The van der Waals surface area contributed by atoms with Crippen molar-refractivity contribution in [1.82, 2.24) is 14.7 Å². The van der Waals surface area contributed by atoms with Gasteiger partial charge in [0.05, 0.1) is 0 Å². The van der Waals surface area contributed by atoms with Gasteiger partial charge in [-0.25, -0.2) is 8.78 Å². The molecular formula is C18H23F2N3O2. The monoisotopic (exact) mass is 351 g/mol. The number of nitrogens with zero attached hydrogens (tertiary/aromatic N) is 3. The molecule has 3 rings (SSSR count). The van der Waals surface area contributed by atoms with Crippen LogP contribution in [0.1, 0.15) is 29.6 Å². The summed E-state index contributed by atoms with van der Waals surface area (Å²) >= 11 is 0. The molecule has 0 unspecified atom stereocenters. The van der Waals surface area contributed by atoms with Crippen molar-refractivity contribution < 1.29 is 18.4 Å². The fourth-order valence-electron chi connectivity index (χ4n) is 3.39. The van der Waals surface area contributed by atoms with Gasteiger partial charge in [-0.15, -0.1) is 0 Å². The number of amides is 2. The van der Waals surface area contributed by atoms with Gasteiger partial charge in [0.25, 0.3) is 5.91 Å². The Labute approximate surface area is 146 Å². The minimum atomic E-state index is -1.03.